The van der Waals surface area contributed by atoms with Crippen LogP contribution in [0.5, 0.6) is 5.75 Å². The van der Waals surface area contributed by atoms with E-state index in [1.54, 1.807) is 24.3 Å². The molecule has 1 aromatic heterocycles. The molecule has 0 aliphatic carbocycles. The molecular formula is C34H45FN2O2. The van der Waals surface area contributed by atoms with Crippen molar-refractivity contribution in [3.8, 4) is 17.1 Å². The number of esters is 1. The second kappa shape index (κ2) is 17.5. The molecule has 3 aromatic rings. The Morgan fingerprint density at radius 1 is 0.718 bits per heavy atom. The number of aromatic nitrogens is 2. The average Bonchev–Trinajstić information content (AvgIpc) is 2.96. The smallest absolute Gasteiger partial charge is 0.343 e. The molecule has 2 aromatic carbocycles. The molecule has 0 bridgehead atoms. The highest BCUT2D eigenvalue weighted by Crippen LogP contribution is 2.22. The number of aryl methyl sites for hydroxylation is 2. The van der Waals surface area contributed by atoms with Crippen molar-refractivity contribution in [3.63, 3.8) is 0 Å². The van der Waals surface area contributed by atoms with Crippen LogP contribution in [0.25, 0.3) is 11.4 Å². The highest BCUT2D eigenvalue weighted by atomic mass is 19.1. The Balaban J connectivity index is 1.44. The van der Waals surface area contributed by atoms with Gasteiger partial charge in [-0.15, -0.1) is 0 Å². The van der Waals surface area contributed by atoms with E-state index in [-0.39, 0.29) is 11.6 Å². The van der Waals surface area contributed by atoms with Gasteiger partial charge in [0, 0.05) is 24.0 Å². The predicted octanol–water partition coefficient (Wildman–Crippen LogP) is 9.70. The molecule has 0 saturated heterocycles. The summed E-state index contributed by atoms with van der Waals surface area (Å²) in [7, 11) is 0. The minimum absolute atomic E-state index is 0.217. The van der Waals surface area contributed by atoms with Crippen molar-refractivity contribution in [1.29, 1.82) is 0 Å². The molecule has 210 valence electrons. The summed E-state index contributed by atoms with van der Waals surface area (Å²) >= 11 is 0. The minimum atomic E-state index is -0.517. The number of carbonyl (C=O) groups is 1. The summed E-state index contributed by atoms with van der Waals surface area (Å²) in [5.74, 6) is 0.00457. The molecule has 39 heavy (non-hydrogen) atoms. The van der Waals surface area contributed by atoms with Gasteiger partial charge in [0.15, 0.2) is 5.82 Å². The van der Waals surface area contributed by atoms with Crippen molar-refractivity contribution in [2.45, 2.75) is 110 Å². The molecule has 0 N–H and O–H groups in total. The van der Waals surface area contributed by atoms with Gasteiger partial charge in [0.05, 0.1) is 5.56 Å². The van der Waals surface area contributed by atoms with E-state index in [2.05, 4.69) is 23.8 Å². The van der Waals surface area contributed by atoms with Gasteiger partial charge < -0.3 is 4.74 Å². The van der Waals surface area contributed by atoms with Crippen molar-refractivity contribution < 1.29 is 13.9 Å². The third kappa shape index (κ3) is 10.9. The number of hydrogen-bond acceptors (Lipinski definition) is 4. The number of unbranched alkanes of at least 4 members (excludes halogenated alkanes) is 11. The first-order valence-corrected chi connectivity index (χ1v) is 15.0. The molecule has 0 saturated carbocycles. The number of halogens is 1. The van der Waals surface area contributed by atoms with Gasteiger partial charge in [0.25, 0.3) is 0 Å². The lowest BCUT2D eigenvalue weighted by Gasteiger charge is -2.08. The Labute approximate surface area is 234 Å². The van der Waals surface area contributed by atoms with Crippen molar-refractivity contribution >= 4 is 5.97 Å². The molecule has 4 nitrogen and oxygen atoms in total. The van der Waals surface area contributed by atoms with Gasteiger partial charge in [-0.25, -0.2) is 19.2 Å². The molecule has 3 rings (SSSR count). The monoisotopic (exact) mass is 532 g/mol. The van der Waals surface area contributed by atoms with E-state index in [0.717, 1.165) is 36.8 Å². The molecule has 0 aliphatic rings. The summed E-state index contributed by atoms with van der Waals surface area (Å²) in [6.07, 6.45) is 21.4. The normalized spacial score (nSPS) is 11.1. The number of nitrogens with zero attached hydrogens (tertiary/aromatic N) is 2. The summed E-state index contributed by atoms with van der Waals surface area (Å²) in [5, 5.41) is 0. The number of carbonyl (C=O) groups excluding carboxylic acids is 1. The summed E-state index contributed by atoms with van der Waals surface area (Å²) in [6, 6.07) is 11.7. The Morgan fingerprint density at radius 3 is 1.87 bits per heavy atom. The predicted molar refractivity (Wildman–Crippen MR) is 158 cm³/mol. The van der Waals surface area contributed by atoms with Gasteiger partial charge in [-0.3, -0.25) is 0 Å². The molecule has 0 unspecified atom stereocenters. The molecule has 0 spiro atoms. The molecule has 0 radical (unpaired) electrons. The molecule has 0 fully saturated rings. The van der Waals surface area contributed by atoms with Crippen LogP contribution in [0.15, 0.2) is 54.9 Å². The van der Waals surface area contributed by atoms with E-state index in [4.69, 9.17) is 4.74 Å². The zero-order chi connectivity index (χ0) is 27.7. The number of ether oxygens (including phenoxy) is 1. The van der Waals surface area contributed by atoms with E-state index < -0.39 is 5.97 Å². The zero-order valence-electron chi connectivity index (χ0n) is 23.9. The summed E-state index contributed by atoms with van der Waals surface area (Å²) < 4.78 is 20.0. The first-order valence-electron chi connectivity index (χ1n) is 15.0. The summed E-state index contributed by atoms with van der Waals surface area (Å²) in [5.41, 5.74) is 3.04. The Kier molecular flexibility index (Phi) is 13.7. The zero-order valence-corrected chi connectivity index (χ0v) is 23.9. The Bertz CT molecular complexity index is 1110. The lowest BCUT2D eigenvalue weighted by atomic mass is 10.0. The second-order valence-electron chi connectivity index (χ2n) is 10.5. The molecular weight excluding hydrogens is 487 g/mol. The minimum Gasteiger partial charge on any atom is -0.423 e. The van der Waals surface area contributed by atoms with E-state index in [0.29, 0.717) is 23.4 Å². The van der Waals surface area contributed by atoms with Gasteiger partial charge in [-0.1, -0.05) is 103 Å². The highest BCUT2D eigenvalue weighted by Gasteiger charge is 2.12. The Hall–Kier alpha value is -3.08. The van der Waals surface area contributed by atoms with Crippen molar-refractivity contribution in [2.24, 2.45) is 0 Å². The van der Waals surface area contributed by atoms with Crippen LogP contribution in [0.4, 0.5) is 4.39 Å². The van der Waals surface area contributed by atoms with Crippen LogP contribution in [0.2, 0.25) is 0 Å². The molecule has 5 heteroatoms. The van der Waals surface area contributed by atoms with Crippen molar-refractivity contribution in [2.75, 3.05) is 0 Å². The molecule has 0 aliphatic heterocycles. The fraction of sp³-hybridized carbons (Fsp3) is 0.500. The van der Waals surface area contributed by atoms with Crippen LogP contribution in [-0.4, -0.2) is 15.9 Å². The summed E-state index contributed by atoms with van der Waals surface area (Å²) in [6.45, 7) is 4.45. The second-order valence-corrected chi connectivity index (χ2v) is 10.5. The largest absolute Gasteiger partial charge is 0.423 e. The van der Waals surface area contributed by atoms with Crippen LogP contribution in [-0.2, 0) is 12.8 Å². The van der Waals surface area contributed by atoms with Crippen LogP contribution in [0, 0.1) is 5.82 Å². The maximum absolute atomic E-state index is 14.6. The fourth-order valence-electron chi connectivity index (χ4n) is 4.73. The maximum Gasteiger partial charge on any atom is 0.343 e. The quantitative estimate of drug-likeness (QED) is 0.0929. The van der Waals surface area contributed by atoms with Gasteiger partial charge in [-0.2, -0.15) is 0 Å². The third-order valence-corrected chi connectivity index (χ3v) is 7.19. The topological polar surface area (TPSA) is 52.1 Å². The number of rotatable bonds is 18. The molecule has 1 heterocycles. The third-order valence-electron chi connectivity index (χ3n) is 7.19. The number of benzene rings is 2. The van der Waals surface area contributed by atoms with Gasteiger partial charge in [0.2, 0.25) is 0 Å². The van der Waals surface area contributed by atoms with Crippen LogP contribution in [0.1, 0.15) is 119 Å². The van der Waals surface area contributed by atoms with E-state index in [9.17, 15) is 9.18 Å². The average molecular weight is 533 g/mol. The van der Waals surface area contributed by atoms with Gasteiger partial charge in [0.1, 0.15) is 11.6 Å². The van der Waals surface area contributed by atoms with Crippen LogP contribution < -0.4 is 4.74 Å². The molecule has 0 amide bonds. The van der Waals surface area contributed by atoms with Gasteiger partial charge in [-0.05, 0) is 55.0 Å². The highest BCUT2D eigenvalue weighted by molar-refractivity contribution is 5.91. The number of hydrogen-bond donors (Lipinski definition) is 0. The van der Waals surface area contributed by atoms with E-state index in [1.165, 1.54) is 70.3 Å². The standard InChI is InChI=1S/C34H45FN2O2/c1-3-5-7-9-10-11-13-15-17-28-22-23-31(24-32(28)35)39-34(38)30-20-18-29(19-21-30)33-36-25-27(26-37-33)16-14-12-8-6-4-2/h18-26H,3-17H2,1-2H3. The van der Waals surface area contributed by atoms with E-state index >= 15 is 0 Å². The van der Waals surface area contributed by atoms with Crippen LogP contribution >= 0.6 is 0 Å². The first kappa shape index (κ1) is 30.5. The van der Waals surface area contributed by atoms with E-state index in [1.807, 2.05) is 24.5 Å². The first-order chi connectivity index (χ1) is 19.1. The molecule has 0 atom stereocenters. The summed E-state index contributed by atoms with van der Waals surface area (Å²) in [4.78, 5) is 21.6. The van der Waals surface area contributed by atoms with Crippen molar-refractivity contribution in [3.05, 3.63) is 77.4 Å². The lowest BCUT2D eigenvalue weighted by molar-refractivity contribution is 0.0734. The fourth-order valence-corrected chi connectivity index (χ4v) is 4.73. The Morgan fingerprint density at radius 2 is 1.28 bits per heavy atom. The maximum atomic E-state index is 14.6. The van der Waals surface area contributed by atoms with Crippen molar-refractivity contribution in [1.82, 2.24) is 9.97 Å². The van der Waals surface area contributed by atoms with Gasteiger partial charge >= 0.3 is 5.97 Å². The lowest BCUT2D eigenvalue weighted by Crippen LogP contribution is -2.09. The van der Waals surface area contributed by atoms with Crippen LogP contribution in [0.3, 0.4) is 0 Å². The SMILES string of the molecule is CCCCCCCCCCc1ccc(OC(=O)c2ccc(-c3ncc(CCCCCCC)cn3)cc2)cc1F.